The topological polar surface area (TPSA) is 55.4 Å². The van der Waals surface area contributed by atoms with Crippen LogP contribution in [0.1, 0.15) is 17.2 Å². The first-order valence-electron chi connectivity index (χ1n) is 6.48. The number of aromatic nitrogens is 1. The van der Waals surface area contributed by atoms with E-state index in [4.69, 9.17) is 4.42 Å². The maximum Gasteiger partial charge on any atom is 0.420 e. The quantitative estimate of drug-likeness (QED) is 0.795. The van der Waals surface area contributed by atoms with Crippen LogP contribution in [0.15, 0.2) is 57.7 Å². The standard InChI is InChI=1S/C16H15NO3/c1-11-7-8-15-13(9-11)17(16(19)20-15)10-14(18)12-5-3-2-4-6-12/h2-9,14,18H,10H2,1H3. The molecule has 1 atom stereocenters. The van der Waals surface area contributed by atoms with Crippen LogP contribution in [0.5, 0.6) is 0 Å². The summed E-state index contributed by atoms with van der Waals surface area (Å²) in [4.78, 5) is 11.9. The number of aryl methyl sites for hydroxylation is 1. The first-order chi connectivity index (χ1) is 9.65. The Morgan fingerprint density at radius 3 is 2.70 bits per heavy atom. The fourth-order valence-electron chi connectivity index (χ4n) is 2.30. The zero-order valence-electron chi connectivity index (χ0n) is 11.1. The normalized spacial score (nSPS) is 12.7. The average molecular weight is 269 g/mol. The van der Waals surface area contributed by atoms with Gasteiger partial charge in [-0.05, 0) is 30.2 Å². The fourth-order valence-corrected chi connectivity index (χ4v) is 2.30. The van der Waals surface area contributed by atoms with Gasteiger partial charge in [0.15, 0.2) is 5.58 Å². The number of aliphatic hydroxyl groups is 1. The van der Waals surface area contributed by atoms with Gasteiger partial charge in [0.1, 0.15) is 0 Å². The van der Waals surface area contributed by atoms with Gasteiger partial charge in [0.05, 0.1) is 18.2 Å². The maximum absolute atomic E-state index is 11.9. The Labute approximate surface area is 115 Å². The molecule has 0 saturated carbocycles. The van der Waals surface area contributed by atoms with Crippen molar-refractivity contribution in [2.75, 3.05) is 0 Å². The van der Waals surface area contributed by atoms with E-state index in [9.17, 15) is 9.90 Å². The van der Waals surface area contributed by atoms with Gasteiger partial charge < -0.3 is 9.52 Å². The molecule has 0 bridgehead atoms. The third kappa shape index (κ3) is 2.26. The Morgan fingerprint density at radius 1 is 1.20 bits per heavy atom. The van der Waals surface area contributed by atoms with Crippen LogP contribution < -0.4 is 5.76 Å². The highest BCUT2D eigenvalue weighted by Gasteiger charge is 2.14. The number of rotatable bonds is 3. The fraction of sp³-hybridized carbons (Fsp3) is 0.188. The molecule has 3 rings (SSSR count). The minimum atomic E-state index is -0.741. The summed E-state index contributed by atoms with van der Waals surface area (Å²) in [7, 11) is 0. The molecular formula is C16H15NO3. The summed E-state index contributed by atoms with van der Waals surface area (Å²) in [6.45, 7) is 2.13. The van der Waals surface area contributed by atoms with Gasteiger partial charge in [-0.25, -0.2) is 4.79 Å². The molecule has 1 heterocycles. The van der Waals surface area contributed by atoms with Crippen molar-refractivity contribution in [2.45, 2.75) is 19.6 Å². The summed E-state index contributed by atoms with van der Waals surface area (Å²) in [5.74, 6) is -0.444. The highest BCUT2D eigenvalue weighted by Crippen LogP contribution is 2.19. The Balaban J connectivity index is 2.00. The smallest absolute Gasteiger partial charge is 0.408 e. The number of aliphatic hydroxyl groups excluding tert-OH is 1. The second-order valence-electron chi connectivity index (χ2n) is 4.88. The Hall–Kier alpha value is -2.33. The highest BCUT2D eigenvalue weighted by atomic mass is 16.4. The summed E-state index contributed by atoms with van der Waals surface area (Å²) in [5.41, 5.74) is 3.08. The molecule has 1 aromatic heterocycles. The predicted molar refractivity (Wildman–Crippen MR) is 76.6 cm³/mol. The van der Waals surface area contributed by atoms with Crippen LogP contribution in [-0.2, 0) is 6.54 Å². The first kappa shape index (κ1) is 12.7. The molecule has 2 aromatic carbocycles. The minimum Gasteiger partial charge on any atom is -0.408 e. The van der Waals surface area contributed by atoms with E-state index in [2.05, 4.69) is 0 Å². The van der Waals surface area contributed by atoms with Crippen molar-refractivity contribution >= 4 is 11.1 Å². The first-order valence-corrected chi connectivity index (χ1v) is 6.48. The van der Waals surface area contributed by atoms with Crippen molar-refractivity contribution in [1.29, 1.82) is 0 Å². The van der Waals surface area contributed by atoms with Crippen molar-refractivity contribution in [3.8, 4) is 0 Å². The van der Waals surface area contributed by atoms with Gasteiger partial charge in [0.2, 0.25) is 0 Å². The summed E-state index contributed by atoms with van der Waals surface area (Å²) < 4.78 is 6.66. The monoisotopic (exact) mass is 269 g/mol. The van der Waals surface area contributed by atoms with Crippen LogP contribution in [0.25, 0.3) is 11.1 Å². The molecule has 3 aromatic rings. The molecule has 102 valence electrons. The molecule has 4 nitrogen and oxygen atoms in total. The number of benzene rings is 2. The Kier molecular flexibility index (Phi) is 3.16. The van der Waals surface area contributed by atoms with E-state index in [1.165, 1.54) is 4.57 Å². The maximum atomic E-state index is 11.9. The number of hydrogen-bond donors (Lipinski definition) is 1. The van der Waals surface area contributed by atoms with E-state index >= 15 is 0 Å². The van der Waals surface area contributed by atoms with Gasteiger partial charge in [-0.3, -0.25) is 4.57 Å². The molecule has 0 saturated heterocycles. The third-order valence-electron chi connectivity index (χ3n) is 3.36. The van der Waals surface area contributed by atoms with E-state index in [0.717, 1.165) is 11.1 Å². The Bertz CT molecular complexity index is 786. The lowest BCUT2D eigenvalue weighted by Gasteiger charge is -2.11. The van der Waals surface area contributed by atoms with E-state index < -0.39 is 11.9 Å². The molecule has 20 heavy (non-hydrogen) atoms. The number of hydrogen-bond acceptors (Lipinski definition) is 3. The summed E-state index contributed by atoms with van der Waals surface area (Å²) in [5, 5.41) is 10.2. The molecule has 0 amide bonds. The van der Waals surface area contributed by atoms with Crippen LogP contribution in [0.2, 0.25) is 0 Å². The van der Waals surface area contributed by atoms with Crippen LogP contribution >= 0.6 is 0 Å². The van der Waals surface area contributed by atoms with Gasteiger partial charge >= 0.3 is 5.76 Å². The molecule has 0 aliphatic carbocycles. The molecule has 1 unspecified atom stereocenters. The zero-order valence-corrected chi connectivity index (χ0v) is 11.1. The van der Waals surface area contributed by atoms with Crippen molar-refractivity contribution in [2.24, 2.45) is 0 Å². The van der Waals surface area contributed by atoms with E-state index in [1.807, 2.05) is 49.4 Å². The second-order valence-corrected chi connectivity index (χ2v) is 4.88. The lowest BCUT2D eigenvalue weighted by Crippen LogP contribution is -2.18. The average Bonchev–Trinajstić information content (AvgIpc) is 2.76. The molecule has 0 spiro atoms. The molecule has 4 heteroatoms. The van der Waals surface area contributed by atoms with Crippen LogP contribution in [0.4, 0.5) is 0 Å². The largest absolute Gasteiger partial charge is 0.420 e. The van der Waals surface area contributed by atoms with Crippen molar-refractivity contribution in [3.63, 3.8) is 0 Å². The third-order valence-corrected chi connectivity index (χ3v) is 3.36. The second kappa shape index (κ2) is 4.98. The van der Waals surface area contributed by atoms with Gasteiger partial charge in [-0.1, -0.05) is 36.4 Å². The van der Waals surface area contributed by atoms with Crippen LogP contribution in [0, 0.1) is 6.92 Å². The lowest BCUT2D eigenvalue weighted by atomic mass is 10.1. The molecule has 1 N–H and O–H groups in total. The van der Waals surface area contributed by atoms with Gasteiger partial charge in [-0.15, -0.1) is 0 Å². The molecule has 0 fully saturated rings. The molecule has 0 aliphatic rings. The predicted octanol–water partition coefficient (Wildman–Crippen LogP) is 2.64. The number of fused-ring (bicyclic) bond motifs is 1. The molecular weight excluding hydrogens is 254 g/mol. The zero-order chi connectivity index (χ0) is 14.1. The van der Waals surface area contributed by atoms with E-state index in [1.54, 1.807) is 6.07 Å². The SMILES string of the molecule is Cc1ccc2oc(=O)n(CC(O)c3ccccc3)c2c1. The number of nitrogens with zero attached hydrogens (tertiary/aromatic N) is 1. The van der Waals surface area contributed by atoms with Crippen molar-refractivity contribution in [1.82, 2.24) is 4.57 Å². The van der Waals surface area contributed by atoms with Gasteiger partial charge in [0.25, 0.3) is 0 Å². The van der Waals surface area contributed by atoms with E-state index in [-0.39, 0.29) is 6.54 Å². The summed E-state index contributed by atoms with van der Waals surface area (Å²) >= 11 is 0. The van der Waals surface area contributed by atoms with Crippen LogP contribution in [0.3, 0.4) is 0 Å². The molecule has 0 radical (unpaired) electrons. The van der Waals surface area contributed by atoms with E-state index in [0.29, 0.717) is 11.1 Å². The Morgan fingerprint density at radius 2 is 1.95 bits per heavy atom. The highest BCUT2D eigenvalue weighted by molar-refractivity contribution is 5.73. The number of oxazole rings is 1. The summed E-state index contributed by atoms with van der Waals surface area (Å²) in [6, 6.07) is 14.8. The minimum absolute atomic E-state index is 0.180. The van der Waals surface area contributed by atoms with Gasteiger partial charge in [0, 0.05) is 0 Å². The van der Waals surface area contributed by atoms with Crippen molar-refractivity contribution < 1.29 is 9.52 Å². The summed E-state index contributed by atoms with van der Waals surface area (Å²) in [6.07, 6.45) is -0.741. The molecule has 0 aliphatic heterocycles. The van der Waals surface area contributed by atoms with Crippen molar-refractivity contribution in [3.05, 3.63) is 70.2 Å². The van der Waals surface area contributed by atoms with Crippen LogP contribution in [-0.4, -0.2) is 9.67 Å². The van der Waals surface area contributed by atoms with Gasteiger partial charge in [-0.2, -0.15) is 0 Å². The lowest BCUT2D eigenvalue weighted by molar-refractivity contribution is 0.155.